The van der Waals surface area contributed by atoms with Gasteiger partial charge in [0.1, 0.15) is 11.6 Å². The van der Waals surface area contributed by atoms with Crippen LogP contribution in [-0.4, -0.2) is 14.8 Å². The summed E-state index contributed by atoms with van der Waals surface area (Å²) in [7, 11) is 0. The molecule has 0 aliphatic heterocycles. The molecule has 3 rings (SSSR count). The van der Waals surface area contributed by atoms with Crippen molar-refractivity contribution in [3.8, 4) is 0 Å². The van der Waals surface area contributed by atoms with Crippen molar-refractivity contribution in [3.05, 3.63) is 35.9 Å². The van der Waals surface area contributed by atoms with Crippen LogP contribution in [0.4, 0.5) is 16.0 Å². The molecule has 0 bridgehead atoms. The predicted octanol–water partition coefficient (Wildman–Crippen LogP) is 4.23. The van der Waals surface area contributed by atoms with E-state index in [0.717, 1.165) is 24.0 Å². The van der Waals surface area contributed by atoms with E-state index in [1.54, 1.807) is 12.1 Å². The lowest BCUT2D eigenvalue weighted by molar-refractivity contribution is 0.417. The fourth-order valence-corrected chi connectivity index (χ4v) is 3.04. The van der Waals surface area contributed by atoms with Crippen LogP contribution in [0, 0.1) is 5.82 Å². The van der Waals surface area contributed by atoms with E-state index in [2.05, 4.69) is 27.0 Å². The lowest BCUT2D eigenvalue weighted by atomic mass is 9.88. The summed E-state index contributed by atoms with van der Waals surface area (Å²) >= 11 is 0. The molecular formula is C16H21FN4. The average Bonchev–Trinajstić information content (AvgIpc) is 2.93. The maximum atomic E-state index is 13.0. The molecule has 1 heterocycles. The third kappa shape index (κ3) is 3.06. The number of nitrogens with one attached hydrogen (secondary N) is 1. The third-order valence-electron chi connectivity index (χ3n) is 4.17. The van der Waals surface area contributed by atoms with E-state index in [4.69, 9.17) is 0 Å². The van der Waals surface area contributed by atoms with Crippen LogP contribution in [0.25, 0.3) is 0 Å². The second-order valence-electron chi connectivity index (χ2n) is 5.59. The Balaban J connectivity index is 1.82. The van der Waals surface area contributed by atoms with Gasteiger partial charge in [0.05, 0.1) is 0 Å². The van der Waals surface area contributed by atoms with E-state index in [0.29, 0.717) is 5.92 Å². The molecule has 2 aromatic rings. The van der Waals surface area contributed by atoms with Crippen LogP contribution in [-0.2, 0) is 6.54 Å². The number of aromatic nitrogens is 3. The number of benzene rings is 1. The van der Waals surface area contributed by atoms with Gasteiger partial charge in [0.2, 0.25) is 5.95 Å². The van der Waals surface area contributed by atoms with Crippen molar-refractivity contribution in [1.82, 2.24) is 14.8 Å². The Bertz CT molecular complexity index is 585. The van der Waals surface area contributed by atoms with Gasteiger partial charge in [-0.05, 0) is 44.0 Å². The largest absolute Gasteiger partial charge is 0.324 e. The number of hydrogen-bond acceptors (Lipinski definition) is 3. The summed E-state index contributed by atoms with van der Waals surface area (Å²) in [5.74, 6) is 2.11. The first-order valence-electron chi connectivity index (χ1n) is 7.73. The summed E-state index contributed by atoms with van der Waals surface area (Å²) in [6.07, 6.45) is 6.30. The Kier molecular flexibility index (Phi) is 4.18. The molecule has 0 amide bonds. The standard InChI is InChI=1S/C16H21FN4/c1-2-21-15(12-6-4-3-5-7-12)19-20-16(21)18-14-10-8-13(17)9-11-14/h8-12H,2-7H2,1H3,(H,18,20). The molecule has 112 valence electrons. The van der Waals surface area contributed by atoms with Crippen molar-refractivity contribution in [2.24, 2.45) is 0 Å². The van der Waals surface area contributed by atoms with Gasteiger partial charge < -0.3 is 5.32 Å². The van der Waals surface area contributed by atoms with Crippen LogP contribution >= 0.6 is 0 Å². The van der Waals surface area contributed by atoms with E-state index in [9.17, 15) is 4.39 Å². The van der Waals surface area contributed by atoms with Crippen molar-refractivity contribution in [2.45, 2.75) is 51.5 Å². The molecule has 1 aliphatic rings. The Morgan fingerprint density at radius 2 is 1.86 bits per heavy atom. The molecule has 0 saturated heterocycles. The van der Waals surface area contributed by atoms with Gasteiger partial charge in [-0.2, -0.15) is 0 Å². The first-order chi connectivity index (χ1) is 10.3. The zero-order valence-electron chi connectivity index (χ0n) is 12.3. The van der Waals surface area contributed by atoms with E-state index >= 15 is 0 Å². The Morgan fingerprint density at radius 1 is 1.14 bits per heavy atom. The number of rotatable bonds is 4. The van der Waals surface area contributed by atoms with Crippen LogP contribution in [0.2, 0.25) is 0 Å². The first-order valence-corrected chi connectivity index (χ1v) is 7.73. The minimum atomic E-state index is -0.236. The third-order valence-corrected chi connectivity index (χ3v) is 4.17. The second-order valence-corrected chi connectivity index (χ2v) is 5.59. The number of halogens is 1. The van der Waals surface area contributed by atoms with Gasteiger partial charge in [-0.25, -0.2) is 4.39 Å². The van der Waals surface area contributed by atoms with Crippen LogP contribution in [0.15, 0.2) is 24.3 Å². The van der Waals surface area contributed by atoms with Gasteiger partial charge in [-0.3, -0.25) is 4.57 Å². The average molecular weight is 288 g/mol. The molecular weight excluding hydrogens is 267 g/mol. The molecule has 1 aliphatic carbocycles. The molecule has 21 heavy (non-hydrogen) atoms. The predicted molar refractivity (Wildman–Crippen MR) is 81.2 cm³/mol. The highest BCUT2D eigenvalue weighted by molar-refractivity contribution is 5.53. The molecule has 1 N–H and O–H groups in total. The van der Waals surface area contributed by atoms with E-state index in [-0.39, 0.29) is 5.82 Å². The van der Waals surface area contributed by atoms with Gasteiger partial charge >= 0.3 is 0 Å². The lowest BCUT2D eigenvalue weighted by Gasteiger charge is -2.21. The quantitative estimate of drug-likeness (QED) is 0.915. The molecule has 0 atom stereocenters. The van der Waals surface area contributed by atoms with Crippen LogP contribution < -0.4 is 5.32 Å². The highest BCUT2D eigenvalue weighted by Gasteiger charge is 2.22. The summed E-state index contributed by atoms with van der Waals surface area (Å²) in [4.78, 5) is 0. The molecule has 0 spiro atoms. The molecule has 1 aromatic heterocycles. The molecule has 1 aromatic carbocycles. The molecule has 0 unspecified atom stereocenters. The van der Waals surface area contributed by atoms with Crippen molar-refractivity contribution >= 4 is 11.6 Å². The van der Waals surface area contributed by atoms with Gasteiger partial charge in [-0.1, -0.05) is 19.3 Å². The fraction of sp³-hybridized carbons (Fsp3) is 0.500. The molecule has 1 fully saturated rings. The fourth-order valence-electron chi connectivity index (χ4n) is 3.04. The summed E-state index contributed by atoms with van der Waals surface area (Å²) in [5, 5.41) is 11.9. The summed E-state index contributed by atoms with van der Waals surface area (Å²) in [6.45, 7) is 2.94. The van der Waals surface area contributed by atoms with E-state index < -0.39 is 0 Å². The van der Waals surface area contributed by atoms with Crippen molar-refractivity contribution in [3.63, 3.8) is 0 Å². The SMILES string of the molecule is CCn1c(Nc2ccc(F)cc2)nnc1C1CCCCC1. The van der Waals surface area contributed by atoms with Gasteiger partial charge in [0.15, 0.2) is 0 Å². The van der Waals surface area contributed by atoms with E-state index in [1.807, 2.05) is 0 Å². The normalized spacial score (nSPS) is 16.1. The maximum Gasteiger partial charge on any atom is 0.229 e. The summed E-state index contributed by atoms with van der Waals surface area (Å²) in [5.41, 5.74) is 0.827. The summed E-state index contributed by atoms with van der Waals surface area (Å²) < 4.78 is 15.1. The van der Waals surface area contributed by atoms with Crippen LogP contribution in [0.5, 0.6) is 0 Å². The molecule has 4 nitrogen and oxygen atoms in total. The maximum absolute atomic E-state index is 13.0. The number of nitrogens with zero attached hydrogens (tertiary/aromatic N) is 3. The van der Waals surface area contributed by atoms with Gasteiger partial charge in [-0.15, -0.1) is 10.2 Å². The van der Waals surface area contributed by atoms with Crippen molar-refractivity contribution < 1.29 is 4.39 Å². The zero-order chi connectivity index (χ0) is 14.7. The Hall–Kier alpha value is -1.91. The monoisotopic (exact) mass is 288 g/mol. The molecule has 0 radical (unpaired) electrons. The Morgan fingerprint density at radius 3 is 2.52 bits per heavy atom. The van der Waals surface area contributed by atoms with Crippen molar-refractivity contribution in [1.29, 1.82) is 0 Å². The van der Waals surface area contributed by atoms with Crippen LogP contribution in [0.3, 0.4) is 0 Å². The minimum absolute atomic E-state index is 0.236. The van der Waals surface area contributed by atoms with Crippen LogP contribution in [0.1, 0.15) is 50.8 Å². The first kappa shape index (κ1) is 14.0. The molecule has 1 saturated carbocycles. The second kappa shape index (κ2) is 6.24. The minimum Gasteiger partial charge on any atom is -0.324 e. The molecule has 5 heteroatoms. The van der Waals surface area contributed by atoms with Gasteiger partial charge in [0, 0.05) is 18.2 Å². The van der Waals surface area contributed by atoms with E-state index in [1.165, 1.54) is 44.2 Å². The number of anilines is 2. The Labute approximate surface area is 124 Å². The topological polar surface area (TPSA) is 42.7 Å². The lowest BCUT2D eigenvalue weighted by Crippen LogP contribution is -2.13. The zero-order valence-corrected chi connectivity index (χ0v) is 12.3. The summed E-state index contributed by atoms with van der Waals surface area (Å²) in [6, 6.07) is 6.31. The van der Waals surface area contributed by atoms with Crippen molar-refractivity contribution in [2.75, 3.05) is 5.32 Å². The smallest absolute Gasteiger partial charge is 0.229 e. The highest BCUT2D eigenvalue weighted by atomic mass is 19.1. The number of hydrogen-bond donors (Lipinski definition) is 1. The highest BCUT2D eigenvalue weighted by Crippen LogP contribution is 2.32. The van der Waals surface area contributed by atoms with Gasteiger partial charge in [0.25, 0.3) is 0 Å².